The lowest BCUT2D eigenvalue weighted by Crippen LogP contribution is -2.37. The van der Waals surface area contributed by atoms with Crippen LogP contribution in [0.1, 0.15) is 29.8 Å². The number of benzene rings is 1. The molecule has 1 saturated heterocycles. The molecule has 0 spiro atoms. The maximum absolute atomic E-state index is 6.15. The summed E-state index contributed by atoms with van der Waals surface area (Å²) in [6.45, 7) is 5.85. The zero-order valence-electron chi connectivity index (χ0n) is 18.9. The van der Waals surface area contributed by atoms with Crippen LogP contribution in [0, 0.1) is 12.8 Å². The van der Waals surface area contributed by atoms with Gasteiger partial charge in [0.05, 0.1) is 13.2 Å². The summed E-state index contributed by atoms with van der Waals surface area (Å²) >= 11 is 0. The summed E-state index contributed by atoms with van der Waals surface area (Å²) in [7, 11) is 1.79. The monoisotopic (exact) mass is 436 g/mol. The fraction of sp³-hybridized carbons (Fsp3) is 0.458. The molecule has 1 aliphatic rings. The van der Waals surface area contributed by atoms with Crippen molar-refractivity contribution in [1.29, 1.82) is 0 Å². The molecule has 1 unspecified atom stereocenters. The smallest absolute Gasteiger partial charge is 0.191 e. The van der Waals surface area contributed by atoms with Crippen LogP contribution >= 0.6 is 0 Å². The molecule has 0 aliphatic carbocycles. The molecule has 3 aromatic rings. The van der Waals surface area contributed by atoms with Gasteiger partial charge in [0.2, 0.25) is 0 Å². The highest BCUT2D eigenvalue weighted by molar-refractivity contribution is 5.79. The average molecular weight is 437 g/mol. The van der Waals surface area contributed by atoms with Crippen molar-refractivity contribution in [3.63, 3.8) is 0 Å². The van der Waals surface area contributed by atoms with Gasteiger partial charge in [-0.2, -0.15) is 0 Å². The van der Waals surface area contributed by atoms with Crippen molar-refractivity contribution in [3.05, 3.63) is 59.5 Å². The number of ether oxygens (including phenoxy) is 2. The van der Waals surface area contributed by atoms with E-state index in [1.54, 1.807) is 7.05 Å². The van der Waals surface area contributed by atoms with Crippen LogP contribution in [0.2, 0.25) is 0 Å². The van der Waals surface area contributed by atoms with E-state index in [0.717, 1.165) is 67.8 Å². The van der Waals surface area contributed by atoms with Crippen molar-refractivity contribution in [2.75, 3.05) is 33.4 Å². The number of pyridine rings is 1. The van der Waals surface area contributed by atoms with Gasteiger partial charge in [0.15, 0.2) is 11.6 Å². The second-order valence-corrected chi connectivity index (χ2v) is 8.15. The number of aromatic nitrogens is 3. The fourth-order valence-corrected chi connectivity index (χ4v) is 3.78. The van der Waals surface area contributed by atoms with Crippen molar-refractivity contribution >= 4 is 11.6 Å². The predicted molar refractivity (Wildman–Crippen MR) is 125 cm³/mol. The molecule has 1 aliphatic heterocycles. The minimum absolute atomic E-state index is 0.480. The number of rotatable bonds is 9. The van der Waals surface area contributed by atoms with Crippen LogP contribution in [0.5, 0.6) is 5.75 Å². The van der Waals surface area contributed by atoms with Gasteiger partial charge in [0, 0.05) is 50.8 Å². The largest absolute Gasteiger partial charge is 0.493 e. The van der Waals surface area contributed by atoms with E-state index in [0.29, 0.717) is 19.1 Å². The molecule has 1 fully saturated rings. The third-order valence-corrected chi connectivity index (χ3v) is 5.65. The predicted octanol–water partition coefficient (Wildman–Crippen LogP) is 2.75. The number of aryl methyl sites for hydroxylation is 2. The minimum Gasteiger partial charge on any atom is -0.493 e. The first-order valence-corrected chi connectivity index (χ1v) is 11.3. The lowest BCUT2D eigenvalue weighted by molar-refractivity contribution is 0.166. The average Bonchev–Trinajstić information content (AvgIpc) is 3.48. The normalized spacial score (nSPS) is 16.4. The number of hydrogen-bond donors (Lipinski definition) is 2. The van der Waals surface area contributed by atoms with Crippen LogP contribution in [-0.2, 0) is 17.7 Å². The van der Waals surface area contributed by atoms with Crippen molar-refractivity contribution in [2.45, 2.75) is 32.7 Å². The third-order valence-electron chi connectivity index (χ3n) is 5.65. The number of nitrogens with one attached hydrogen (secondary N) is 2. The molecule has 32 heavy (non-hydrogen) atoms. The van der Waals surface area contributed by atoms with Gasteiger partial charge in [-0.3, -0.25) is 9.39 Å². The molecule has 170 valence electrons. The Bertz CT molecular complexity index is 1040. The standard InChI is InChI=1S/C24H32N6O2/c1-18-8-9-20(21(14-18)32-17-19-10-13-31-16-19)15-27-24(25-2)26-11-5-7-23-29-28-22-6-3-4-12-30(22)23/h3-4,6,8-9,12,14,19H,5,7,10-11,13,15-17H2,1-2H3,(H2,25,26,27). The van der Waals surface area contributed by atoms with Gasteiger partial charge in [0.1, 0.15) is 11.6 Å². The zero-order chi connectivity index (χ0) is 22.2. The van der Waals surface area contributed by atoms with Gasteiger partial charge in [-0.25, -0.2) is 0 Å². The van der Waals surface area contributed by atoms with Crippen molar-refractivity contribution < 1.29 is 9.47 Å². The molecule has 0 radical (unpaired) electrons. The highest BCUT2D eigenvalue weighted by atomic mass is 16.5. The summed E-state index contributed by atoms with van der Waals surface area (Å²) in [6.07, 6.45) is 4.84. The molecular weight excluding hydrogens is 404 g/mol. The molecule has 8 heteroatoms. The molecule has 0 bridgehead atoms. The quantitative estimate of drug-likeness (QED) is 0.305. The first-order valence-electron chi connectivity index (χ1n) is 11.3. The molecule has 0 saturated carbocycles. The Morgan fingerprint density at radius 1 is 1.25 bits per heavy atom. The molecule has 1 aromatic carbocycles. The first kappa shape index (κ1) is 22.1. The molecule has 4 rings (SSSR count). The van der Waals surface area contributed by atoms with Crippen LogP contribution in [0.4, 0.5) is 0 Å². The lowest BCUT2D eigenvalue weighted by atomic mass is 10.1. The van der Waals surface area contributed by atoms with Crippen LogP contribution in [0.25, 0.3) is 5.65 Å². The number of fused-ring (bicyclic) bond motifs is 1. The van der Waals surface area contributed by atoms with Crippen molar-refractivity contribution in [2.24, 2.45) is 10.9 Å². The maximum atomic E-state index is 6.15. The molecule has 2 aromatic heterocycles. The molecule has 8 nitrogen and oxygen atoms in total. The second-order valence-electron chi connectivity index (χ2n) is 8.15. The van der Waals surface area contributed by atoms with E-state index in [9.17, 15) is 0 Å². The van der Waals surface area contributed by atoms with Gasteiger partial charge in [-0.05, 0) is 43.5 Å². The Labute approximate surface area is 189 Å². The number of nitrogens with zero attached hydrogens (tertiary/aromatic N) is 4. The Morgan fingerprint density at radius 3 is 3.03 bits per heavy atom. The summed E-state index contributed by atoms with van der Waals surface area (Å²) in [5, 5.41) is 15.3. The Hall–Kier alpha value is -3.13. The van der Waals surface area contributed by atoms with E-state index in [4.69, 9.17) is 9.47 Å². The van der Waals surface area contributed by atoms with E-state index in [-0.39, 0.29) is 0 Å². The minimum atomic E-state index is 0.480. The maximum Gasteiger partial charge on any atom is 0.191 e. The van der Waals surface area contributed by atoms with E-state index in [1.807, 2.05) is 28.8 Å². The van der Waals surface area contributed by atoms with Crippen molar-refractivity contribution in [1.82, 2.24) is 25.2 Å². The van der Waals surface area contributed by atoms with Crippen molar-refractivity contribution in [3.8, 4) is 5.75 Å². The molecule has 3 heterocycles. The van der Waals surface area contributed by atoms with Gasteiger partial charge >= 0.3 is 0 Å². The zero-order valence-corrected chi connectivity index (χ0v) is 18.9. The van der Waals surface area contributed by atoms with E-state index < -0.39 is 0 Å². The third kappa shape index (κ3) is 5.76. The lowest BCUT2D eigenvalue weighted by Gasteiger charge is -2.17. The van der Waals surface area contributed by atoms with Crippen LogP contribution in [0.15, 0.2) is 47.6 Å². The Morgan fingerprint density at radius 2 is 2.19 bits per heavy atom. The van der Waals surface area contributed by atoms with Gasteiger partial charge in [-0.15, -0.1) is 10.2 Å². The van der Waals surface area contributed by atoms with E-state index in [2.05, 4.69) is 50.9 Å². The summed E-state index contributed by atoms with van der Waals surface area (Å²) in [6, 6.07) is 12.3. The van der Waals surface area contributed by atoms with Gasteiger partial charge < -0.3 is 20.1 Å². The number of hydrogen-bond acceptors (Lipinski definition) is 5. The van der Waals surface area contributed by atoms with Gasteiger partial charge in [-0.1, -0.05) is 18.2 Å². The van der Waals surface area contributed by atoms with E-state index >= 15 is 0 Å². The van der Waals surface area contributed by atoms with Crippen LogP contribution in [-0.4, -0.2) is 54.0 Å². The van der Waals surface area contributed by atoms with Crippen LogP contribution in [0.3, 0.4) is 0 Å². The number of guanidine groups is 1. The molecule has 0 amide bonds. The fourth-order valence-electron chi connectivity index (χ4n) is 3.78. The van der Waals surface area contributed by atoms with Crippen LogP contribution < -0.4 is 15.4 Å². The highest BCUT2D eigenvalue weighted by Crippen LogP contribution is 2.22. The Kier molecular flexibility index (Phi) is 7.55. The highest BCUT2D eigenvalue weighted by Gasteiger charge is 2.17. The summed E-state index contributed by atoms with van der Waals surface area (Å²) in [4.78, 5) is 4.35. The summed E-state index contributed by atoms with van der Waals surface area (Å²) in [5.74, 6) is 3.15. The second kappa shape index (κ2) is 10.9. The topological polar surface area (TPSA) is 85.1 Å². The van der Waals surface area contributed by atoms with E-state index in [1.165, 1.54) is 5.56 Å². The SMILES string of the molecule is CN=C(NCCCc1nnc2ccccn12)NCc1ccc(C)cc1OCC1CCOC1. The van der Waals surface area contributed by atoms with Gasteiger partial charge in [0.25, 0.3) is 0 Å². The Balaban J connectivity index is 1.25. The molecular formula is C24H32N6O2. The molecule has 2 N–H and O–H groups in total. The number of aliphatic imine (C=N–C) groups is 1. The first-order chi connectivity index (χ1) is 15.7. The summed E-state index contributed by atoms with van der Waals surface area (Å²) < 4.78 is 13.6. The summed E-state index contributed by atoms with van der Waals surface area (Å²) in [5.41, 5.74) is 3.19. The molecule has 1 atom stereocenters.